The summed E-state index contributed by atoms with van der Waals surface area (Å²) in [5.41, 5.74) is 0. The summed E-state index contributed by atoms with van der Waals surface area (Å²) in [5, 5.41) is 3.15. The van der Waals surface area contributed by atoms with Gasteiger partial charge < -0.3 is 10.1 Å². The van der Waals surface area contributed by atoms with E-state index in [-0.39, 0.29) is 24.5 Å². The van der Waals surface area contributed by atoms with Gasteiger partial charge >= 0.3 is 0 Å². The molecule has 0 aromatic rings. The summed E-state index contributed by atoms with van der Waals surface area (Å²) in [4.78, 5) is 11.4. The maximum absolute atomic E-state index is 11.4. The molecule has 1 N–H and O–H groups in total. The van der Waals surface area contributed by atoms with Gasteiger partial charge in [0.15, 0.2) is 5.78 Å². The van der Waals surface area contributed by atoms with Crippen LogP contribution in [-0.4, -0.2) is 31.1 Å². The summed E-state index contributed by atoms with van der Waals surface area (Å²) in [6, 6.07) is 0.0590. The van der Waals surface area contributed by atoms with Crippen LogP contribution >= 0.6 is 0 Å². The molecule has 0 amide bonds. The zero-order valence-corrected chi connectivity index (χ0v) is 7.80. The average Bonchev–Trinajstić information content (AvgIpc) is 2.51. The van der Waals surface area contributed by atoms with Gasteiger partial charge in [-0.3, -0.25) is 4.79 Å². The highest BCUT2D eigenvalue weighted by Crippen LogP contribution is 2.06. The van der Waals surface area contributed by atoms with Crippen molar-refractivity contribution in [1.82, 2.24) is 5.32 Å². The van der Waals surface area contributed by atoms with Crippen molar-refractivity contribution in [1.29, 1.82) is 0 Å². The van der Waals surface area contributed by atoms with Gasteiger partial charge in [0, 0.05) is 0 Å². The number of rotatable bonds is 4. The second-order valence-electron chi connectivity index (χ2n) is 3.48. The van der Waals surface area contributed by atoms with Crippen LogP contribution in [0, 0.1) is 0 Å². The zero-order valence-electron chi connectivity index (χ0n) is 7.80. The summed E-state index contributed by atoms with van der Waals surface area (Å²) >= 11 is 0. The van der Waals surface area contributed by atoms with Crippen LogP contribution in [0.5, 0.6) is 0 Å². The van der Waals surface area contributed by atoms with Crippen molar-refractivity contribution in [3.63, 3.8) is 0 Å². The molecule has 12 heavy (non-hydrogen) atoms. The molecule has 1 aliphatic rings. The minimum atomic E-state index is 0.0590. The van der Waals surface area contributed by atoms with E-state index in [2.05, 4.69) is 5.32 Å². The molecular weight excluding hydrogens is 154 g/mol. The lowest BCUT2D eigenvalue weighted by molar-refractivity contribution is -0.126. The molecule has 1 atom stereocenters. The topological polar surface area (TPSA) is 38.3 Å². The van der Waals surface area contributed by atoms with Gasteiger partial charge in [0.2, 0.25) is 0 Å². The third kappa shape index (κ3) is 2.91. The van der Waals surface area contributed by atoms with Gasteiger partial charge in [-0.05, 0) is 33.2 Å². The predicted molar refractivity (Wildman–Crippen MR) is 47.1 cm³/mol. The molecule has 1 fully saturated rings. The van der Waals surface area contributed by atoms with Gasteiger partial charge in [-0.15, -0.1) is 0 Å². The number of carbonyl (C=O) groups is 1. The van der Waals surface area contributed by atoms with Crippen LogP contribution in [-0.2, 0) is 9.53 Å². The van der Waals surface area contributed by atoms with Gasteiger partial charge in [-0.1, -0.05) is 0 Å². The minimum absolute atomic E-state index is 0.0590. The Morgan fingerprint density at radius 3 is 2.92 bits per heavy atom. The number of nitrogens with one attached hydrogen (secondary N) is 1. The number of hydrogen-bond acceptors (Lipinski definition) is 3. The first-order valence-electron chi connectivity index (χ1n) is 4.58. The summed E-state index contributed by atoms with van der Waals surface area (Å²) < 4.78 is 5.23. The summed E-state index contributed by atoms with van der Waals surface area (Å²) in [7, 11) is 0. The Morgan fingerprint density at radius 2 is 2.42 bits per heavy atom. The Bertz CT molecular complexity index is 151. The quantitative estimate of drug-likeness (QED) is 0.677. The number of hydrogen-bond donors (Lipinski definition) is 1. The zero-order chi connectivity index (χ0) is 8.97. The minimum Gasteiger partial charge on any atom is -0.371 e. The standard InChI is InChI=1S/C9H17NO2/c1-7(2)12-6-9(11)8-4-3-5-10-8/h7-8,10H,3-6H2,1-2H3. The molecule has 70 valence electrons. The average molecular weight is 171 g/mol. The van der Waals surface area contributed by atoms with Gasteiger partial charge in [0.25, 0.3) is 0 Å². The fourth-order valence-electron chi connectivity index (χ4n) is 1.31. The third-order valence-electron chi connectivity index (χ3n) is 2.01. The molecule has 1 aliphatic heterocycles. The van der Waals surface area contributed by atoms with E-state index in [1.165, 1.54) is 0 Å². The van der Waals surface area contributed by atoms with Crippen molar-refractivity contribution in [2.24, 2.45) is 0 Å². The highest BCUT2D eigenvalue weighted by Gasteiger charge is 2.21. The molecule has 0 aromatic carbocycles. The molecule has 3 heteroatoms. The van der Waals surface area contributed by atoms with Crippen LogP contribution in [0.3, 0.4) is 0 Å². The Hall–Kier alpha value is -0.410. The van der Waals surface area contributed by atoms with E-state index >= 15 is 0 Å². The summed E-state index contributed by atoms with van der Waals surface area (Å²) in [5.74, 6) is 0.196. The maximum atomic E-state index is 11.4. The first-order valence-corrected chi connectivity index (χ1v) is 4.58. The first-order chi connectivity index (χ1) is 5.70. The van der Waals surface area contributed by atoms with Crippen LogP contribution in [0.2, 0.25) is 0 Å². The Kier molecular flexibility index (Phi) is 3.69. The molecule has 1 saturated heterocycles. The molecule has 0 spiro atoms. The highest BCUT2D eigenvalue weighted by molar-refractivity contribution is 5.85. The molecular formula is C9H17NO2. The molecule has 0 aromatic heterocycles. The predicted octanol–water partition coefficient (Wildman–Crippen LogP) is 0.732. The van der Waals surface area contributed by atoms with E-state index in [0.29, 0.717) is 0 Å². The van der Waals surface area contributed by atoms with Crippen molar-refractivity contribution in [2.75, 3.05) is 13.2 Å². The number of Topliss-reactive ketones (excluding diaryl/α,β-unsaturated/α-hetero) is 1. The van der Waals surface area contributed by atoms with Crippen LogP contribution in [0.4, 0.5) is 0 Å². The normalized spacial score (nSPS) is 23.4. The number of ketones is 1. The molecule has 3 nitrogen and oxygen atoms in total. The summed E-state index contributed by atoms with van der Waals surface area (Å²) in [6.07, 6.45) is 2.23. The molecule has 1 rings (SSSR count). The number of ether oxygens (including phenoxy) is 1. The van der Waals surface area contributed by atoms with Crippen molar-refractivity contribution >= 4 is 5.78 Å². The fraction of sp³-hybridized carbons (Fsp3) is 0.889. The van der Waals surface area contributed by atoms with Gasteiger partial charge in [-0.2, -0.15) is 0 Å². The SMILES string of the molecule is CC(C)OCC(=O)C1CCCN1. The monoisotopic (exact) mass is 171 g/mol. The molecule has 0 bridgehead atoms. The Balaban J connectivity index is 2.18. The Labute approximate surface area is 73.5 Å². The van der Waals surface area contributed by atoms with Crippen molar-refractivity contribution in [3.8, 4) is 0 Å². The number of carbonyl (C=O) groups excluding carboxylic acids is 1. The third-order valence-corrected chi connectivity index (χ3v) is 2.01. The van der Waals surface area contributed by atoms with Crippen LogP contribution in [0.1, 0.15) is 26.7 Å². The second-order valence-corrected chi connectivity index (χ2v) is 3.48. The van der Waals surface area contributed by atoms with E-state index < -0.39 is 0 Å². The lowest BCUT2D eigenvalue weighted by Gasteiger charge is -2.10. The first kappa shape index (κ1) is 9.68. The summed E-state index contributed by atoms with van der Waals surface area (Å²) in [6.45, 7) is 5.11. The Morgan fingerprint density at radius 1 is 1.67 bits per heavy atom. The molecule has 0 aliphatic carbocycles. The molecule has 0 radical (unpaired) electrons. The lowest BCUT2D eigenvalue weighted by Crippen LogP contribution is -2.34. The van der Waals surface area contributed by atoms with Gasteiger partial charge in [0.1, 0.15) is 6.61 Å². The smallest absolute Gasteiger partial charge is 0.175 e. The molecule has 1 heterocycles. The largest absolute Gasteiger partial charge is 0.371 e. The maximum Gasteiger partial charge on any atom is 0.175 e. The van der Waals surface area contributed by atoms with E-state index in [1.54, 1.807) is 0 Å². The van der Waals surface area contributed by atoms with Crippen LogP contribution in [0.15, 0.2) is 0 Å². The van der Waals surface area contributed by atoms with E-state index in [4.69, 9.17) is 4.74 Å². The van der Waals surface area contributed by atoms with Crippen molar-refractivity contribution < 1.29 is 9.53 Å². The van der Waals surface area contributed by atoms with E-state index in [1.807, 2.05) is 13.8 Å². The van der Waals surface area contributed by atoms with Crippen LogP contribution in [0.25, 0.3) is 0 Å². The van der Waals surface area contributed by atoms with Crippen molar-refractivity contribution in [3.05, 3.63) is 0 Å². The molecule has 0 saturated carbocycles. The van der Waals surface area contributed by atoms with Crippen LogP contribution < -0.4 is 5.32 Å². The lowest BCUT2D eigenvalue weighted by atomic mass is 10.1. The second kappa shape index (κ2) is 4.58. The molecule has 1 unspecified atom stereocenters. The van der Waals surface area contributed by atoms with Gasteiger partial charge in [-0.25, -0.2) is 0 Å². The van der Waals surface area contributed by atoms with E-state index in [0.717, 1.165) is 19.4 Å². The van der Waals surface area contributed by atoms with Crippen molar-refractivity contribution in [2.45, 2.75) is 38.8 Å². The highest BCUT2D eigenvalue weighted by atomic mass is 16.5. The van der Waals surface area contributed by atoms with E-state index in [9.17, 15) is 4.79 Å². The van der Waals surface area contributed by atoms with Gasteiger partial charge in [0.05, 0.1) is 12.1 Å². The fourth-order valence-corrected chi connectivity index (χ4v) is 1.31.